The molecular weight excluding hydrogens is 522 g/mol. The smallest absolute Gasteiger partial charge is 0.281 e. The molecule has 2 fully saturated rings. The minimum absolute atomic E-state index is 0.0254. The van der Waals surface area contributed by atoms with Gasteiger partial charge in [0, 0.05) is 34.4 Å². The number of aliphatic hydroxyl groups excluding tert-OH is 1. The van der Waals surface area contributed by atoms with Crippen LogP contribution in [-0.2, 0) is 4.79 Å². The predicted octanol–water partition coefficient (Wildman–Crippen LogP) is 1.58. The van der Waals surface area contributed by atoms with E-state index in [1.807, 2.05) is 0 Å². The second kappa shape index (κ2) is 9.02. The number of hydrogen-bond acceptors (Lipinski definition) is 6. The van der Waals surface area contributed by atoms with Gasteiger partial charge in [0.2, 0.25) is 5.91 Å². The van der Waals surface area contributed by atoms with E-state index in [-0.39, 0.29) is 21.1 Å². The molecular formula is C19H22FIN6O4. The highest BCUT2D eigenvalue weighted by molar-refractivity contribution is 14.1. The van der Waals surface area contributed by atoms with E-state index in [2.05, 4.69) is 25.9 Å². The monoisotopic (exact) mass is 544 g/mol. The van der Waals surface area contributed by atoms with Crippen molar-refractivity contribution >= 4 is 38.1 Å². The van der Waals surface area contributed by atoms with E-state index in [1.165, 1.54) is 18.5 Å². The van der Waals surface area contributed by atoms with Gasteiger partial charge < -0.3 is 15.7 Å². The van der Waals surface area contributed by atoms with Crippen LogP contribution in [0.3, 0.4) is 0 Å². The molecule has 2 aliphatic carbocycles. The van der Waals surface area contributed by atoms with Crippen molar-refractivity contribution in [2.75, 3.05) is 11.9 Å². The molecule has 0 aliphatic heterocycles. The lowest BCUT2D eigenvalue weighted by Crippen LogP contribution is -2.48. The summed E-state index contributed by atoms with van der Waals surface area (Å²) in [5, 5.41) is 24.6. The van der Waals surface area contributed by atoms with Crippen molar-refractivity contribution in [3.8, 4) is 0 Å². The minimum atomic E-state index is -0.956. The lowest BCUT2D eigenvalue weighted by Gasteiger charge is -2.26. The molecule has 0 aromatic carbocycles. The largest absolute Gasteiger partial charge is 0.394 e. The topological polar surface area (TPSA) is 142 Å². The molecule has 4 N–H and O–H groups in total. The molecule has 2 atom stereocenters. The third kappa shape index (κ3) is 4.95. The van der Waals surface area contributed by atoms with E-state index < -0.39 is 36.1 Å². The Kier molecular flexibility index (Phi) is 6.36. The summed E-state index contributed by atoms with van der Waals surface area (Å²) in [6.45, 7) is -0.513. The van der Waals surface area contributed by atoms with E-state index >= 15 is 0 Å². The number of aromatic nitrogens is 4. The molecule has 166 valence electrons. The van der Waals surface area contributed by atoms with Gasteiger partial charge in [0.15, 0.2) is 0 Å². The van der Waals surface area contributed by atoms with Crippen LogP contribution in [0.1, 0.15) is 37.3 Å². The Balaban J connectivity index is 1.56. The maximum Gasteiger partial charge on any atom is 0.281 e. The van der Waals surface area contributed by atoms with Crippen molar-refractivity contribution < 1.29 is 19.1 Å². The number of anilines is 1. The minimum Gasteiger partial charge on any atom is -0.394 e. The standard InChI is InChI=1S/C19H22FIN6O4/c20-16-12(7-27(26-16)13(8-28)11-5-6-22-25-17(11)29)23-18(30)15(24-19(21)31)14(9-1-2-9)10-3-4-10/h5-7,9-10,13-15,28H,1-4,8H2,(H,23,30)(H,24,31)(H,25,29)/t13?,15-/m0/s1. The fraction of sp³-hybridized carbons (Fsp3) is 0.526. The Morgan fingerprint density at radius 2 is 2.00 bits per heavy atom. The number of aliphatic hydroxyl groups is 1. The molecule has 1 unspecified atom stereocenters. The lowest BCUT2D eigenvalue weighted by atomic mass is 9.89. The fourth-order valence-corrected chi connectivity index (χ4v) is 4.45. The first-order chi connectivity index (χ1) is 14.9. The number of carbonyl (C=O) groups is 2. The SMILES string of the molecule is O=C(I)N[C@H](C(=O)Nc1cn(C(CO)c2ccn[nH]c2=O)nc1F)C(C1CC1)C1CC1. The number of halogens is 2. The van der Waals surface area contributed by atoms with Gasteiger partial charge in [-0.3, -0.25) is 19.1 Å². The van der Waals surface area contributed by atoms with Crippen LogP contribution in [0.5, 0.6) is 0 Å². The Labute approximate surface area is 190 Å². The number of aromatic amines is 1. The summed E-state index contributed by atoms with van der Waals surface area (Å²) < 4.78 is 15.3. The first-order valence-corrected chi connectivity index (χ1v) is 11.1. The zero-order valence-corrected chi connectivity index (χ0v) is 18.6. The Morgan fingerprint density at radius 3 is 2.55 bits per heavy atom. The normalized spacial score (nSPS) is 17.9. The molecule has 4 rings (SSSR count). The van der Waals surface area contributed by atoms with E-state index in [4.69, 9.17) is 0 Å². The first kappa shape index (κ1) is 21.9. The highest BCUT2D eigenvalue weighted by Crippen LogP contribution is 2.50. The third-order valence-corrected chi connectivity index (χ3v) is 6.13. The van der Waals surface area contributed by atoms with Crippen molar-refractivity contribution in [2.45, 2.75) is 37.8 Å². The van der Waals surface area contributed by atoms with Gasteiger partial charge in [-0.1, -0.05) is 0 Å². The summed E-state index contributed by atoms with van der Waals surface area (Å²) in [4.78, 5) is 36.8. The number of hydrogen-bond donors (Lipinski definition) is 4. The van der Waals surface area contributed by atoms with Crippen LogP contribution < -0.4 is 16.2 Å². The number of nitrogens with one attached hydrogen (secondary N) is 3. The number of H-pyrrole nitrogens is 1. The van der Waals surface area contributed by atoms with E-state index in [1.54, 1.807) is 22.6 Å². The number of rotatable bonds is 9. The van der Waals surface area contributed by atoms with Gasteiger partial charge in [0.05, 0.1) is 12.8 Å². The molecule has 0 bridgehead atoms. The number of amides is 2. The van der Waals surface area contributed by atoms with Crippen molar-refractivity contribution in [2.24, 2.45) is 17.8 Å². The maximum absolute atomic E-state index is 14.5. The average molecular weight is 544 g/mol. The zero-order valence-electron chi connectivity index (χ0n) is 16.4. The molecule has 2 heterocycles. The van der Waals surface area contributed by atoms with Gasteiger partial charge in [-0.25, -0.2) is 5.10 Å². The van der Waals surface area contributed by atoms with Gasteiger partial charge in [-0.2, -0.15) is 9.49 Å². The Hall–Kier alpha value is -2.35. The summed E-state index contributed by atoms with van der Waals surface area (Å²) in [6.07, 6.45) is 6.65. The van der Waals surface area contributed by atoms with Crippen LogP contribution in [-0.4, -0.2) is 47.6 Å². The molecule has 0 radical (unpaired) electrons. The molecule has 10 nitrogen and oxygen atoms in total. The number of nitrogens with zero attached hydrogens (tertiary/aromatic N) is 3. The summed E-state index contributed by atoms with van der Waals surface area (Å²) in [7, 11) is 0. The van der Waals surface area contributed by atoms with E-state index in [9.17, 15) is 23.9 Å². The molecule has 31 heavy (non-hydrogen) atoms. The van der Waals surface area contributed by atoms with Gasteiger partial charge in [-0.05, 0) is 49.5 Å². The van der Waals surface area contributed by atoms with Gasteiger partial charge in [0.1, 0.15) is 17.8 Å². The van der Waals surface area contributed by atoms with Crippen LogP contribution in [0.25, 0.3) is 0 Å². The van der Waals surface area contributed by atoms with Gasteiger partial charge in [-0.15, -0.1) is 5.10 Å². The van der Waals surface area contributed by atoms with Gasteiger partial charge >= 0.3 is 0 Å². The first-order valence-electron chi connectivity index (χ1n) is 10.0. The van der Waals surface area contributed by atoms with Crippen LogP contribution in [0.15, 0.2) is 23.3 Å². The number of carbonyl (C=O) groups excluding carboxylic acids is 2. The highest BCUT2D eigenvalue weighted by atomic mass is 127. The quantitative estimate of drug-likeness (QED) is 0.215. The molecule has 0 spiro atoms. The van der Waals surface area contributed by atoms with Crippen molar-refractivity contribution in [3.05, 3.63) is 40.3 Å². The van der Waals surface area contributed by atoms with Crippen LogP contribution in [0, 0.1) is 23.7 Å². The molecule has 2 saturated carbocycles. The van der Waals surface area contributed by atoms with Crippen LogP contribution in [0.2, 0.25) is 0 Å². The Bertz CT molecular complexity index is 1020. The summed E-state index contributed by atoms with van der Waals surface area (Å²) in [5.74, 6) is -0.661. The van der Waals surface area contributed by atoms with Gasteiger partial charge in [0.25, 0.3) is 15.4 Å². The summed E-state index contributed by atoms with van der Waals surface area (Å²) in [5.41, 5.74) is -0.577. The summed E-state index contributed by atoms with van der Waals surface area (Å²) >= 11 is 1.59. The van der Waals surface area contributed by atoms with E-state index in [0.29, 0.717) is 11.8 Å². The maximum atomic E-state index is 14.5. The van der Waals surface area contributed by atoms with Crippen LogP contribution >= 0.6 is 22.6 Å². The molecule has 0 saturated heterocycles. The molecule has 2 aromatic rings. The third-order valence-electron chi connectivity index (χ3n) is 5.82. The van der Waals surface area contributed by atoms with Crippen molar-refractivity contribution in [1.82, 2.24) is 25.3 Å². The molecule has 2 amide bonds. The van der Waals surface area contributed by atoms with E-state index in [0.717, 1.165) is 30.4 Å². The van der Waals surface area contributed by atoms with Crippen molar-refractivity contribution in [1.29, 1.82) is 0 Å². The molecule has 2 aromatic heterocycles. The average Bonchev–Trinajstić information content (AvgIpc) is 3.64. The second-order valence-corrected chi connectivity index (χ2v) is 8.97. The summed E-state index contributed by atoms with van der Waals surface area (Å²) in [6, 6.07) is -0.314. The van der Waals surface area contributed by atoms with Crippen LogP contribution in [0.4, 0.5) is 14.9 Å². The highest BCUT2D eigenvalue weighted by Gasteiger charge is 2.48. The second-order valence-electron chi connectivity index (χ2n) is 7.99. The Morgan fingerprint density at radius 1 is 1.32 bits per heavy atom. The van der Waals surface area contributed by atoms with Crippen molar-refractivity contribution in [3.63, 3.8) is 0 Å². The molecule has 2 aliphatic rings. The predicted molar refractivity (Wildman–Crippen MR) is 116 cm³/mol. The zero-order chi connectivity index (χ0) is 22.1. The lowest BCUT2D eigenvalue weighted by molar-refractivity contribution is -0.119. The molecule has 12 heteroatoms. The fourth-order valence-electron chi connectivity index (χ4n) is 4.11.